The van der Waals surface area contributed by atoms with E-state index in [1.54, 1.807) is 0 Å². The Kier molecular flexibility index (Phi) is 4.28. The van der Waals surface area contributed by atoms with E-state index >= 15 is 0 Å². The van der Waals surface area contributed by atoms with Crippen molar-refractivity contribution >= 4 is 34.8 Å². The van der Waals surface area contributed by atoms with Crippen LogP contribution >= 0.6 is 11.6 Å². The number of ether oxygens (including phenoxy) is 1. The lowest BCUT2D eigenvalue weighted by Gasteiger charge is -2.10. The lowest BCUT2D eigenvalue weighted by atomic mass is 10.1. The first-order valence-corrected chi connectivity index (χ1v) is 7.33. The molecule has 9 heteroatoms. The number of halogens is 2. The third kappa shape index (κ3) is 3.24. The van der Waals surface area contributed by atoms with E-state index in [2.05, 4.69) is 10.3 Å². The highest BCUT2D eigenvalue weighted by molar-refractivity contribution is 6.34. The van der Waals surface area contributed by atoms with Gasteiger partial charge < -0.3 is 19.6 Å². The number of carbonyl (C=O) groups excluding carboxylic acids is 1. The predicted octanol–water partition coefficient (Wildman–Crippen LogP) is 3.09. The van der Waals surface area contributed by atoms with Crippen LogP contribution in [0.15, 0.2) is 36.7 Å². The van der Waals surface area contributed by atoms with Crippen molar-refractivity contribution in [3.63, 3.8) is 0 Å². The largest absolute Gasteiger partial charge is 0.496 e. The van der Waals surface area contributed by atoms with Crippen LogP contribution in [-0.4, -0.2) is 33.5 Å². The molecule has 0 saturated heterocycles. The van der Waals surface area contributed by atoms with Gasteiger partial charge in [0, 0.05) is 18.5 Å². The van der Waals surface area contributed by atoms with Crippen molar-refractivity contribution in [3.05, 3.63) is 58.8 Å². The molecule has 0 radical (unpaired) electrons. The number of nitrogens with one attached hydrogen (secondary N) is 1. The number of amides is 1. The molecule has 2 heterocycles. The molecule has 0 unspecified atom stereocenters. The Labute approximate surface area is 145 Å². The number of rotatable bonds is 4. The van der Waals surface area contributed by atoms with Crippen LogP contribution in [0.1, 0.15) is 20.8 Å². The number of anilines is 1. The standard InChI is InChI=1S/C16H11ClFN3O4/c1-25-13-5-11(10(17)4-9(13)16(23)24)20-15(22)12-7-21-6-8(18)2-3-14(21)19-12/h2-7H,1H3,(H,20,22)(H,23,24). The zero-order chi connectivity index (χ0) is 18.1. The molecule has 3 aromatic rings. The highest BCUT2D eigenvalue weighted by Gasteiger charge is 2.18. The van der Waals surface area contributed by atoms with Gasteiger partial charge in [-0.2, -0.15) is 0 Å². The number of carbonyl (C=O) groups is 2. The number of imidazole rings is 1. The molecule has 0 spiro atoms. The van der Waals surface area contributed by atoms with E-state index in [-0.39, 0.29) is 27.7 Å². The number of fused-ring (bicyclic) bond motifs is 1. The maximum Gasteiger partial charge on any atom is 0.339 e. The van der Waals surface area contributed by atoms with E-state index in [1.165, 1.54) is 48.2 Å². The number of methoxy groups -OCH3 is 1. The van der Waals surface area contributed by atoms with Crippen LogP contribution in [-0.2, 0) is 0 Å². The fourth-order valence-electron chi connectivity index (χ4n) is 2.25. The molecule has 1 aromatic carbocycles. The van der Waals surface area contributed by atoms with Crippen molar-refractivity contribution in [3.8, 4) is 5.75 Å². The normalized spacial score (nSPS) is 10.7. The number of carboxylic acids is 1. The monoisotopic (exact) mass is 363 g/mol. The summed E-state index contributed by atoms with van der Waals surface area (Å²) >= 11 is 6.02. The minimum absolute atomic E-state index is 0.0290. The van der Waals surface area contributed by atoms with Gasteiger partial charge in [0.25, 0.3) is 5.91 Å². The van der Waals surface area contributed by atoms with Crippen molar-refractivity contribution in [2.45, 2.75) is 0 Å². The van der Waals surface area contributed by atoms with Crippen LogP contribution in [0.2, 0.25) is 5.02 Å². The quantitative estimate of drug-likeness (QED) is 0.743. The lowest BCUT2D eigenvalue weighted by Crippen LogP contribution is -2.13. The summed E-state index contributed by atoms with van der Waals surface area (Å²) in [5, 5.41) is 11.7. The van der Waals surface area contributed by atoms with Crippen LogP contribution in [0.3, 0.4) is 0 Å². The average Bonchev–Trinajstić information content (AvgIpc) is 2.99. The molecule has 25 heavy (non-hydrogen) atoms. The van der Waals surface area contributed by atoms with Gasteiger partial charge in [-0.15, -0.1) is 0 Å². The average molecular weight is 364 g/mol. The molecule has 0 atom stereocenters. The van der Waals surface area contributed by atoms with E-state index in [4.69, 9.17) is 21.4 Å². The number of aromatic carboxylic acids is 1. The van der Waals surface area contributed by atoms with Crippen LogP contribution in [0.25, 0.3) is 5.65 Å². The van der Waals surface area contributed by atoms with Crippen molar-refractivity contribution in [1.82, 2.24) is 9.38 Å². The summed E-state index contributed by atoms with van der Waals surface area (Å²) in [6, 6.07) is 5.15. The lowest BCUT2D eigenvalue weighted by molar-refractivity contribution is 0.0693. The SMILES string of the molecule is COc1cc(NC(=O)c2cn3cc(F)ccc3n2)c(Cl)cc1C(=O)O. The zero-order valence-electron chi connectivity index (χ0n) is 12.8. The van der Waals surface area contributed by atoms with Crippen LogP contribution in [0.4, 0.5) is 10.1 Å². The Balaban J connectivity index is 1.92. The topological polar surface area (TPSA) is 92.9 Å². The minimum Gasteiger partial charge on any atom is -0.496 e. The first-order chi connectivity index (χ1) is 11.9. The summed E-state index contributed by atoms with van der Waals surface area (Å²) in [5.41, 5.74) is 0.477. The Morgan fingerprint density at radius 1 is 1.32 bits per heavy atom. The summed E-state index contributed by atoms with van der Waals surface area (Å²) < 4.78 is 19.6. The molecule has 0 bridgehead atoms. The van der Waals surface area contributed by atoms with Gasteiger partial charge in [-0.25, -0.2) is 14.2 Å². The summed E-state index contributed by atoms with van der Waals surface area (Å²) in [4.78, 5) is 27.6. The highest BCUT2D eigenvalue weighted by Crippen LogP contribution is 2.31. The molecule has 2 aromatic heterocycles. The molecule has 128 valence electrons. The Bertz CT molecular complexity index is 1000. The molecule has 0 saturated carbocycles. The van der Waals surface area contributed by atoms with Crippen molar-refractivity contribution in [1.29, 1.82) is 0 Å². The fraction of sp³-hybridized carbons (Fsp3) is 0.0625. The maximum atomic E-state index is 13.2. The number of nitrogens with zero attached hydrogens (tertiary/aromatic N) is 2. The van der Waals surface area contributed by atoms with E-state index in [9.17, 15) is 14.0 Å². The van der Waals surface area contributed by atoms with Crippen molar-refractivity contribution in [2.75, 3.05) is 12.4 Å². The molecule has 3 rings (SSSR count). The van der Waals surface area contributed by atoms with Crippen LogP contribution in [0, 0.1) is 5.82 Å². The summed E-state index contributed by atoms with van der Waals surface area (Å²) in [6.45, 7) is 0. The van der Waals surface area contributed by atoms with E-state index in [0.29, 0.717) is 5.65 Å². The summed E-state index contributed by atoms with van der Waals surface area (Å²) in [6.07, 6.45) is 2.56. The van der Waals surface area contributed by atoms with Gasteiger partial charge >= 0.3 is 5.97 Å². The van der Waals surface area contributed by atoms with Gasteiger partial charge in [0.15, 0.2) is 0 Å². The fourth-order valence-corrected chi connectivity index (χ4v) is 2.46. The highest BCUT2D eigenvalue weighted by atomic mass is 35.5. The molecule has 2 N–H and O–H groups in total. The Morgan fingerprint density at radius 2 is 2.08 bits per heavy atom. The number of benzene rings is 1. The van der Waals surface area contributed by atoms with Crippen molar-refractivity contribution in [2.24, 2.45) is 0 Å². The van der Waals surface area contributed by atoms with Gasteiger partial charge in [-0.1, -0.05) is 11.6 Å². The second-order valence-electron chi connectivity index (χ2n) is 5.03. The molecular formula is C16H11ClFN3O4. The number of pyridine rings is 1. The summed E-state index contributed by atoms with van der Waals surface area (Å²) in [5.74, 6) is -2.21. The first-order valence-electron chi connectivity index (χ1n) is 6.95. The minimum atomic E-state index is -1.21. The van der Waals surface area contributed by atoms with Gasteiger partial charge in [0.05, 0.1) is 17.8 Å². The molecule has 1 amide bonds. The molecule has 0 aliphatic heterocycles. The number of carboxylic acid groups (broad SMARTS) is 1. The van der Waals surface area contributed by atoms with Crippen LogP contribution < -0.4 is 10.1 Å². The van der Waals surface area contributed by atoms with Gasteiger partial charge in [0.2, 0.25) is 0 Å². The molecule has 0 aliphatic carbocycles. The van der Waals surface area contributed by atoms with E-state index in [0.717, 1.165) is 0 Å². The zero-order valence-corrected chi connectivity index (χ0v) is 13.5. The van der Waals surface area contributed by atoms with Gasteiger partial charge in [-0.3, -0.25) is 4.79 Å². The smallest absolute Gasteiger partial charge is 0.339 e. The molecule has 0 fully saturated rings. The second-order valence-corrected chi connectivity index (χ2v) is 5.44. The first kappa shape index (κ1) is 16.7. The van der Waals surface area contributed by atoms with Gasteiger partial charge in [0.1, 0.15) is 28.5 Å². The third-order valence-corrected chi connectivity index (χ3v) is 3.73. The van der Waals surface area contributed by atoms with Crippen LogP contribution in [0.5, 0.6) is 5.75 Å². The Hall–Kier alpha value is -3.13. The third-order valence-electron chi connectivity index (χ3n) is 3.42. The van der Waals surface area contributed by atoms with E-state index < -0.39 is 17.7 Å². The molecule has 0 aliphatic rings. The predicted molar refractivity (Wildman–Crippen MR) is 88.1 cm³/mol. The van der Waals surface area contributed by atoms with Crippen molar-refractivity contribution < 1.29 is 23.8 Å². The van der Waals surface area contributed by atoms with E-state index in [1.807, 2.05) is 0 Å². The summed E-state index contributed by atoms with van der Waals surface area (Å²) in [7, 11) is 1.30. The number of hydrogen-bond acceptors (Lipinski definition) is 4. The molecular weight excluding hydrogens is 353 g/mol. The second kappa shape index (κ2) is 6.40. The Morgan fingerprint density at radius 3 is 2.76 bits per heavy atom. The number of aromatic nitrogens is 2. The number of hydrogen-bond donors (Lipinski definition) is 2. The molecule has 7 nitrogen and oxygen atoms in total. The van der Waals surface area contributed by atoms with Gasteiger partial charge in [-0.05, 0) is 18.2 Å². The maximum absolute atomic E-state index is 13.2.